The van der Waals surface area contributed by atoms with E-state index >= 15 is 0 Å². The number of hydrogen-bond donors (Lipinski definition) is 3. The summed E-state index contributed by atoms with van der Waals surface area (Å²) in [7, 11) is -1.18. The van der Waals surface area contributed by atoms with Gasteiger partial charge in [0.1, 0.15) is 23.0 Å². The van der Waals surface area contributed by atoms with E-state index in [1.807, 2.05) is 40.7 Å². The molecule has 304 valence electrons. The van der Waals surface area contributed by atoms with Crippen molar-refractivity contribution >= 4 is 49.4 Å². The highest BCUT2D eigenvalue weighted by atomic mass is 16.7. The summed E-state index contributed by atoms with van der Waals surface area (Å²) in [5, 5.41) is 21.0. The zero-order chi connectivity index (χ0) is 41.0. The molecule has 3 aliphatic rings. The van der Waals surface area contributed by atoms with Gasteiger partial charge in [-0.15, -0.1) is 0 Å². The topological polar surface area (TPSA) is 204 Å². The predicted molar refractivity (Wildman–Crippen MR) is 203 cm³/mol. The van der Waals surface area contributed by atoms with Crippen LogP contribution in [0.5, 0.6) is 11.5 Å². The maximum absolute atomic E-state index is 12.5. The molecular formula is C39H53B2NO14. The third-order valence-corrected chi connectivity index (χ3v) is 10.3. The summed E-state index contributed by atoms with van der Waals surface area (Å²) in [5.41, 5.74) is 1.78. The number of nitrogens with one attached hydrogen (secondary N) is 1. The second-order valence-corrected chi connectivity index (χ2v) is 13.9. The zero-order valence-electron chi connectivity index (χ0n) is 33.0. The number of benzene rings is 2. The van der Waals surface area contributed by atoms with Crippen LogP contribution in [0.25, 0.3) is 0 Å². The van der Waals surface area contributed by atoms with E-state index in [0.29, 0.717) is 57.3 Å². The molecule has 0 aromatic heterocycles. The van der Waals surface area contributed by atoms with Gasteiger partial charge in [0.15, 0.2) is 0 Å². The van der Waals surface area contributed by atoms with E-state index in [9.17, 15) is 34.0 Å². The molecule has 0 radical (unpaired) electrons. The van der Waals surface area contributed by atoms with Crippen LogP contribution < -0.4 is 14.3 Å². The van der Waals surface area contributed by atoms with Gasteiger partial charge in [0.25, 0.3) is 5.90 Å². The zero-order valence-corrected chi connectivity index (χ0v) is 33.0. The van der Waals surface area contributed by atoms with Crippen LogP contribution >= 0.6 is 0 Å². The maximum atomic E-state index is 12.5. The Labute approximate surface area is 327 Å². The maximum Gasteiger partial charge on any atom is 0.559 e. The summed E-state index contributed by atoms with van der Waals surface area (Å²) in [6, 6.07) is 10.1. The molecule has 0 fully saturated rings. The van der Waals surface area contributed by atoms with Gasteiger partial charge < -0.3 is 43.0 Å². The monoisotopic (exact) mass is 781 g/mol. The highest BCUT2D eigenvalue weighted by Gasteiger charge is 2.53. The summed E-state index contributed by atoms with van der Waals surface area (Å²) in [4.78, 5) is 63.4. The lowest BCUT2D eigenvalue weighted by molar-refractivity contribution is -0.481. The Balaban J connectivity index is 0.000000249. The molecule has 5 rings (SSSR count). The molecule has 0 spiro atoms. The average Bonchev–Trinajstić information content (AvgIpc) is 3.53. The number of para-hydroxylation sites is 2. The predicted octanol–water partition coefficient (Wildman–Crippen LogP) is 3.41. The smallest absolute Gasteiger partial charge is 0.559 e. The van der Waals surface area contributed by atoms with E-state index < -0.39 is 57.3 Å². The standard InChI is InChI=1S/C20H27BO7.C19H25BNO7/c1-4-13(5-2)19(23)26-12-27-20(24)17-9-7-8-14-10-15(11-16(22)6-3)21(25)28-18(14)17;1-4-12(5-2)18(22)25-11-26-19(23)14-9-7-8-13-10-15-20(24,28-17(13)14)27-16(6-3)21-15/h7-9,13,15,25H,4-6,10-12H2,1-3H3;7-9,12,15,24H,4-6,10-11H2,1-3H3/q;-1/p+1/t15-;15-,20?/m10/s1. The van der Waals surface area contributed by atoms with Gasteiger partial charge >= 0.3 is 37.8 Å². The third kappa shape index (κ3) is 10.7. The minimum Gasteiger partial charge on any atom is -0.655 e. The van der Waals surface area contributed by atoms with Crippen molar-refractivity contribution in [1.29, 1.82) is 0 Å². The van der Waals surface area contributed by atoms with Crippen molar-refractivity contribution in [2.24, 2.45) is 11.8 Å². The molecule has 3 N–H and O–H groups in total. The highest BCUT2D eigenvalue weighted by molar-refractivity contribution is 6.64. The van der Waals surface area contributed by atoms with Gasteiger partial charge in [-0.2, -0.15) is 0 Å². The minimum atomic E-state index is -2.62. The Kier molecular flexibility index (Phi) is 15.9. The molecular weight excluding hydrogens is 728 g/mol. The van der Waals surface area contributed by atoms with Gasteiger partial charge in [0, 0.05) is 25.1 Å². The fraction of sp³-hybridized carbons (Fsp3) is 0.538. The van der Waals surface area contributed by atoms with Crippen molar-refractivity contribution in [3.8, 4) is 11.5 Å². The van der Waals surface area contributed by atoms with Gasteiger partial charge in [0.05, 0.1) is 29.6 Å². The number of hydrogen-bond acceptors (Lipinski definition) is 14. The minimum absolute atomic E-state index is 0.0472. The quantitative estimate of drug-likeness (QED) is 0.127. The first-order valence-corrected chi connectivity index (χ1v) is 19.5. The molecule has 3 atom stereocenters. The van der Waals surface area contributed by atoms with E-state index in [0.717, 1.165) is 11.1 Å². The van der Waals surface area contributed by atoms with E-state index in [1.165, 1.54) is 12.1 Å². The molecule has 3 heterocycles. The molecule has 0 amide bonds. The molecule has 1 unspecified atom stereocenters. The molecule has 0 saturated carbocycles. The van der Waals surface area contributed by atoms with Crippen molar-refractivity contribution in [3.05, 3.63) is 58.7 Å². The van der Waals surface area contributed by atoms with Crippen LogP contribution in [0, 0.1) is 11.8 Å². The van der Waals surface area contributed by atoms with Crippen molar-refractivity contribution in [3.63, 3.8) is 0 Å². The Morgan fingerprint density at radius 2 is 1.29 bits per heavy atom. The van der Waals surface area contributed by atoms with Crippen molar-refractivity contribution < 1.29 is 71.9 Å². The van der Waals surface area contributed by atoms with Gasteiger partial charge in [-0.25, -0.2) is 14.6 Å². The molecule has 0 bridgehead atoms. The summed E-state index contributed by atoms with van der Waals surface area (Å²) in [6.07, 6.45) is 4.72. The lowest BCUT2D eigenvalue weighted by Crippen LogP contribution is -2.83. The average molecular weight is 781 g/mol. The van der Waals surface area contributed by atoms with Crippen LogP contribution in [0.1, 0.15) is 118 Å². The van der Waals surface area contributed by atoms with Crippen LogP contribution in [0.15, 0.2) is 36.4 Å². The van der Waals surface area contributed by atoms with Crippen molar-refractivity contribution in [1.82, 2.24) is 0 Å². The second-order valence-electron chi connectivity index (χ2n) is 13.9. The first-order chi connectivity index (χ1) is 26.8. The van der Waals surface area contributed by atoms with E-state index in [4.69, 9.17) is 32.9 Å². The van der Waals surface area contributed by atoms with Crippen LogP contribution in [-0.2, 0) is 50.8 Å². The highest BCUT2D eigenvalue weighted by Crippen LogP contribution is 2.37. The second kappa shape index (κ2) is 20.3. The van der Waals surface area contributed by atoms with E-state index in [2.05, 4.69) is 4.99 Å². The van der Waals surface area contributed by atoms with E-state index in [1.54, 1.807) is 25.1 Å². The third-order valence-electron chi connectivity index (χ3n) is 10.3. The van der Waals surface area contributed by atoms with Crippen LogP contribution in [-0.4, -0.2) is 79.0 Å². The number of Topliss-reactive ketones (excluding diaryl/α,β-unsaturated/α-hetero) is 1. The molecule has 15 nitrogen and oxygen atoms in total. The number of esters is 4. The summed E-state index contributed by atoms with van der Waals surface area (Å²) in [6.45, 7) is 7.68. The molecule has 0 aliphatic carbocycles. The summed E-state index contributed by atoms with van der Waals surface area (Å²) in [5.74, 6) is -2.31. The first kappa shape index (κ1) is 43.8. The molecule has 17 heteroatoms. The van der Waals surface area contributed by atoms with Gasteiger partial charge in [-0.05, 0) is 55.4 Å². The summed E-state index contributed by atoms with van der Waals surface area (Å²) < 4.78 is 37.0. The largest absolute Gasteiger partial charge is 0.655 e. The lowest BCUT2D eigenvalue weighted by Gasteiger charge is -2.38. The Morgan fingerprint density at radius 3 is 1.79 bits per heavy atom. The lowest BCUT2D eigenvalue weighted by atomic mass is 9.64. The number of carbonyl (C=O) groups excluding carboxylic acids is 5. The Bertz CT molecular complexity index is 1760. The number of ether oxygens (including phenoxy) is 4. The Hall–Kier alpha value is -4.89. The first-order valence-electron chi connectivity index (χ1n) is 19.5. The van der Waals surface area contributed by atoms with Gasteiger partial charge in [-0.3, -0.25) is 14.4 Å². The van der Waals surface area contributed by atoms with Crippen molar-refractivity contribution in [2.45, 2.75) is 111 Å². The number of carbonyl (C=O) groups is 5. The van der Waals surface area contributed by atoms with Gasteiger partial charge in [-0.1, -0.05) is 65.8 Å². The number of ketones is 1. The van der Waals surface area contributed by atoms with Crippen LogP contribution in [0.2, 0.25) is 5.82 Å². The fourth-order valence-electron chi connectivity index (χ4n) is 6.75. The molecule has 0 saturated heterocycles. The van der Waals surface area contributed by atoms with Crippen molar-refractivity contribution in [2.75, 3.05) is 13.6 Å². The number of fused-ring (bicyclic) bond motifs is 3. The summed E-state index contributed by atoms with van der Waals surface area (Å²) >= 11 is 0. The normalized spacial score (nSPS) is 19.0. The van der Waals surface area contributed by atoms with Crippen LogP contribution in [0.4, 0.5) is 0 Å². The molecule has 2 aromatic carbocycles. The molecule has 2 aromatic rings. The molecule has 3 aliphatic heterocycles. The van der Waals surface area contributed by atoms with Gasteiger partial charge in [0.2, 0.25) is 13.6 Å². The number of rotatable bonds is 16. The SMILES string of the molecule is CCC(=O)C[C@H]1Cc2cccc(C(=O)OCOC(=O)C(CC)CC)c2OB1O.CCC1=[NH+][C@H]2Cc3cccc(C(=O)OCOC(=O)C(CC)CC)c3O[B-]2(O)O1. The fourth-order valence-corrected chi connectivity index (χ4v) is 6.75. The molecule has 56 heavy (non-hydrogen) atoms. The van der Waals surface area contributed by atoms with E-state index in [-0.39, 0.29) is 52.5 Å². The Morgan fingerprint density at radius 1 is 0.768 bits per heavy atom. The van der Waals surface area contributed by atoms with Crippen LogP contribution in [0.3, 0.4) is 0 Å².